The highest BCUT2D eigenvalue weighted by molar-refractivity contribution is 5.92. The molecule has 1 atom stereocenters. The SMILES string of the molecule is CC(C)C(=O)Nc1cccc(C2CCN(CCCCCC(Oc3cc(C(F)(F)F)ccc3F)c3ccc(F)cc3)CC2)c1. The Morgan fingerprint density at radius 2 is 1.67 bits per heavy atom. The molecule has 1 aliphatic rings. The second kappa shape index (κ2) is 14.8. The predicted molar refractivity (Wildman–Crippen MR) is 158 cm³/mol. The lowest BCUT2D eigenvalue weighted by Gasteiger charge is -2.32. The Kier molecular flexibility index (Phi) is 11.2. The Morgan fingerprint density at radius 3 is 2.35 bits per heavy atom. The van der Waals surface area contributed by atoms with Crippen LogP contribution in [0.4, 0.5) is 27.6 Å². The zero-order valence-corrected chi connectivity index (χ0v) is 24.6. The van der Waals surface area contributed by atoms with Crippen LogP contribution in [0.25, 0.3) is 0 Å². The molecule has 1 N–H and O–H groups in total. The number of unbranched alkanes of at least 4 members (excludes halogenated alkanes) is 2. The van der Waals surface area contributed by atoms with Gasteiger partial charge in [-0.3, -0.25) is 4.79 Å². The maximum Gasteiger partial charge on any atom is 0.416 e. The smallest absolute Gasteiger partial charge is 0.416 e. The van der Waals surface area contributed by atoms with Gasteiger partial charge in [0, 0.05) is 11.6 Å². The van der Waals surface area contributed by atoms with Crippen LogP contribution in [0.2, 0.25) is 0 Å². The molecule has 4 nitrogen and oxygen atoms in total. The first-order valence-corrected chi connectivity index (χ1v) is 14.9. The molecule has 0 aliphatic carbocycles. The number of carbonyl (C=O) groups is 1. The van der Waals surface area contributed by atoms with Gasteiger partial charge in [-0.1, -0.05) is 44.5 Å². The molecule has 0 aromatic heterocycles. The number of amides is 1. The number of anilines is 1. The Bertz CT molecular complexity index is 1340. The molecule has 43 heavy (non-hydrogen) atoms. The highest BCUT2D eigenvalue weighted by Gasteiger charge is 2.32. The van der Waals surface area contributed by atoms with Crippen molar-refractivity contribution < 1.29 is 31.5 Å². The second-order valence-electron chi connectivity index (χ2n) is 11.5. The fourth-order valence-corrected chi connectivity index (χ4v) is 5.38. The zero-order valence-electron chi connectivity index (χ0n) is 24.6. The third kappa shape index (κ3) is 9.51. The lowest BCUT2D eigenvalue weighted by Crippen LogP contribution is -2.33. The van der Waals surface area contributed by atoms with Crippen LogP contribution in [-0.4, -0.2) is 30.4 Å². The van der Waals surface area contributed by atoms with Crippen LogP contribution in [0, 0.1) is 17.6 Å². The summed E-state index contributed by atoms with van der Waals surface area (Å²) >= 11 is 0. The minimum atomic E-state index is -4.62. The molecule has 4 rings (SSSR count). The highest BCUT2D eigenvalue weighted by Crippen LogP contribution is 2.35. The number of hydrogen-bond acceptors (Lipinski definition) is 3. The molecule has 0 radical (unpaired) electrons. The van der Waals surface area contributed by atoms with Gasteiger partial charge < -0.3 is 15.0 Å². The summed E-state index contributed by atoms with van der Waals surface area (Å²) in [7, 11) is 0. The molecule has 3 aromatic carbocycles. The molecule has 0 spiro atoms. The van der Waals surface area contributed by atoms with E-state index in [2.05, 4.69) is 22.3 Å². The van der Waals surface area contributed by atoms with E-state index >= 15 is 0 Å². The van der Waals surface area contributed by atoms with Gasteiger partial charge in [0.1, 0.15) is 11.9 Å². The monoisotopic (exact) mass is 602 g/mol. The third-order valence-electron chi connectivity index (χ3n) is 7.95. The summed E-state index contributed by atoms with van der Waals surface area (Å²) in [5.41, 5.74) is 1.66. The fourth-order valence-electron chi connectivity index (χ4n) is 5.38. The number of ether oxygens (including phenoxy) is 1. The predicted octanol–water partition coefficient (Wildman–Crippen LogP) is 9.14. The second-order valence-corrected chi connectivity index (χ2v) is 11.5. The van der Waals surface area contributed by atoms with Gasteiger partial charge in [-0.2, -0.15) is 13.2 Å². The van der Waals surface area contributed by atoms with Crippen molar-refractivity contribution in [2.45, 2.75) is 70.6 Å². The van der Waals surface area contributed by atoms with Crippen molar-refractivity contribution in [3.8, 4) is 5.75 Å². The van der Waals surface area contributed by atoms with E-state index in [-0.39, 0.29) is 11.8 Å². The minimum Gasteiger partial charge on any atom is -0.483 e. The topological polar surface area (TPSA) is 41.6 Å². The van der Waals surface area contributed by atoms with Gasteiger partial charge in [0.05, 0.1) is 5.56 Å². The van der Waals surface area contributed by atoms with Gasteiger partial charge >= 0.3 is 6.18 Å². The molecule has 0 saturated carbocycles. The fraction of sp³-hybridized carbons (Fsp3) is 0.441. The van der Waals surface area contributed by atoms with E-state index in [1.165, 1.54) is 29.8 Å². The van der Waals surface area contributed by atoms with Crippen LogP contribution in [0.1, 0.15) is 81.1 Å². The van der Waals surface area contributed by atoms with Gasteiger partial charge in [-0.15, -0.1) is 0 Å². The van der Waals surface area contributed by atoms with Gasteiger partial charge in [-0.25, -0.2) is 8.78 Å². The molecule has 1 unspecified atom stereocenters. The van der Waals surface area contributed by atoms with E-state index in [1.807, 2.05) is 26.0 Å². The Balaban J connectivity index is 1.26. The lowest BCUT2D eigenvalue weighted by atomic mass is 9.89. The molecule has 232 valence electrons. The van der Waals surface area contributed by atoms with E-state index in [4.69, 9.17) is 4.74 Å². The first kappa shape index (κ1) is 32.5. The largest absolute Gasteiger partial charge is 0.483 e. The number of carbonyl (C=O) groups excluding carboxylic acids is 1. The van der Waals surface area contributed by atoms with Gasteiger partial charge in [0.25, 0.3) is 0 Å². The summed E-state index contributed by atoms with van der Waals surface area (Å²) in [6.07, 6.45) is -0.300. The van der Waals surface area contributed by atoms with Crippen molar-refractivity contribution in [1.82, 2.24) is 4.90 Å². The first-order valence-electron chi connectivity index (χ1n) is 14.9. The van der Waals surface area contributed by atoms with Crippen LogP contribution in [-0.2, 0) is 11.0 Å². The van der Waals surface area contributed by atoms with Crippen LogP contribution in [0.3, 0.4) is 0 Å². The van der Waals surface area contributed by atoms with Crippen molar-refractivity contribution in [2.75, 3.05) is 25.0 Å². The molecule has 1 saturated heterocycles. The maximum absolute atomic E-state index is 14.4. The highest BCUT2D eigenvalue weighted by atomic mass is 19.4. The molecule has 1 amide bonds. The van der Waals surface area contributed by atoms with Crippen molar-refractivity contribution >= 4 is 11.6 Å². The van der Waals surface area contributed by atoms with Crippen LogP contribution in [0.15, 0.2) is 66.7 Å². The molecular formula is C34H39F5N2O2. The summed E-state index contributed by atoms with van der Waals surface area (Å²) < 4.78 is 73.3. The molecule has 3 aromatic rings. The maximum atomic E-state index is 14.4. The van der Waals surface area contributed by atoms with Gasteiger partial charge in [-0.05, 0) is 111 Å². The van der Waals surface area contributed by atoms with Crippen LogP contribution >= 0.6 is 0 Å². The average Bonchev–Trinajstić information content (AvgIpc) is 2.97. The summed E-state index contributed by atoms with van der Waals surface area (Å²) in [5.74, 6) is -1.42. The molecular weight excluding hydrogens is 563 g/mol. The van der Waals surface area contributed by atoms with Gasteiger partial charge in [0.2, 0.25) is 5.91 Å². The van der Waals surface area contributed by atoms with Crippen molar-refractivity contribution in [3.63, 3.8) is 0 Å². The third-order valence-corrected chi connectivity index (χ3v) is 7.95. The normalized spacial score (nSPS) is 15.4. The molecule has 1 fully saturated rings. The molecule has 1 heterocycles. The average molecular weight is 603 g/mol. The van der Waals surface area contributed by atoms with Crippen molar-refractivity contribution in [2.24, 2.45) is 5.92 Å². The van der Waals surface area contributed by atoms with E-state index in [0.29, 0.717) is 36.5 Å². The minimum absolute atomic E-state index is 0.00494. The quantitative estimate of drug-likeness (QED) is 0.166. The Hall–Kier alpha value is -3.46. The first-order chi connectivity index (χ1) is 20.5. The number of nitrogens with one attached hydrogen (secondary N) is 1. The summed E-state index contributed by atoms with van der Waals surface area (Å²) in [6, 6.07) is 15.8. The number of rotatable bonds is 12. The molecule has 9 heteroatoms. The lowest BCUT2D eigenvalue weighted by molar-refractivity contribution is -0.137. The van der Waals surface area contributed by atoms with Crippen molar-refractivity contribution in [3.05, 3.63) is 95.1 Å². The Labute approximate surface area is 250 Å². The number of hydrogen-bond donors (Lipinski definition) is 1. The summed E-state index contributed by atoms with van der Waals surface area (Å²) in [5, 5.41) is 2.98. The number of nitrogens with zero attached hydrogens (tertiary/aromatic N) is 1. The number of piperidine rings is 1. The Morgan fingerprint density at radius 1 is 0.953 bits per heavy atom. The van der Waals surface area contributed by atoms with Crippen LogP contribution < -0.4 is 10.1 Å². The van der Waals surface area contributed by atoms with E-state index in [9.17, 15) is 26.7 Å². The van der Waals surface area contributed by atoms with Gasteiger partial charge in [0.15, 0.2) is 11.6 Å². The number of halogens is 5. The number of likely N-dealkylation sites (tertiary alicyclic amines) is 1. The van der Waals surface area contributed by atoms with E-state index in [1.54, 1.807) is 0 Å². The van der Waals surface area contributed by atoms with E-state index in [0.717, 1.165) is 57.1 Å². The molecule has 0 bridgehead atoms. The molecule has 1 aliphatic heterocycles. The summed E-state index contributed by atoms with van der Waals surface area (Å²) in [6.45, 7) is 6.62. The number of benzene rings is 3. The van der Waals surface area contributed by atoms with Crippen molar-refractivity contribution in [1.29, 1.82) is 0 Å². The standard InChI is InChI=1S/C34H39F5N2O2/c1-23(2)33(42)40-29-8-6-7-26(21-29)24-16-19-41(20-17-24)18-5-3-4-9-31(25-10-13-28(35)14-11-25)43-32-22-27(34(37,38)39)12-15-30(32)36/h6-8,10-15,21-24,31H,3-5,9,16-20H2,1-2H3,(H,40,42). The van der Waals surface area contributed by atoms with E-state index < -0.39 is 35.2 Å². The number of alkyl halides is 3. The summed E-state index contributed by atoms with van der Waals surface area (Å²) in [4.78, 5) is 14.5. The zero-order chi connectivity index (χ0) is 31.0. The van der Waals surface area contributed by atoms with Crippen LogP contribution in [0.5, 0.6) is 5.75 Å².